The van der Waals surface area contributed by atoms with E-state index in [1.165, 1.54) is 7.11 Å². The Balaban J connectivity index is 1.87. The number of benzene rings is 2. The van der Waals surface area contributed by atoms with E-state index < -0.39 is 29.2 Å². The molecular formula is C17H15FN2O6. The van der Waals surface area contributed by atoms with Crippen molar-refractivity contribution < 1.29 is 28.4 Å². The predicted octanol–water partition coefficient (Wildman–Crippen LogP) is 2.47. The molecule has 0 aliphatic carbocycles. The normalized spacial score (nSPS) is 10.1. The third kappa shape index (κ3) is 5.26. The number of esters is 1. The van der Waals surface area contributed by atoms with Crippen LogP contribution in [0.2, 0.25) is 0 Å². The van der Waals surface area contributed by atoms with Crippen LogP contribution in [0.4, 0.5) is 15.8 Å². The quantitative estimate of drug-likeness (QED) is 0.460. The number of carbonyl (C=O) groups is 2. The minimum Gasteiger partial charge on any atom is -0.497 e. The van der Waals surface area contributed by atoms with Gasteiger partial charge >= 0.3 is 5.97 Å². The van der Waals surface area contributed by atoms with Gasteiger partial charge in [0.25, 0.3) is 11.6 Å². The van der Waals surface area contributed by atoms with Crippen LogP contribution in [0.3, 0.4) is 0 Å². The molecule has 0 saturated heterocycles. The van der Waals surface area contributed by atoms with Crippen molar-refractivity contribution in [3.05, 3.63) is 64.0 Å². The first-order valence-electron chi connectivity index (χ1n) is 7.41. The lowest BCUT2D eigenvalue weighted by Crippen LogP contribution is -2.22. The van der Waals surface area contributed by atoms with Gasteiger partial charge in [-0.2, -0.15) is 0 Å². The number of nitrogens with zero attached hydrogens (tertiary/aromatic N) is 1. The van der Waals surface area contributed by atoms with Gasteiger partial charge in [0.15, 0.2) is 6.61 Å². The smallest absolute Gasteiger partial charge is 0.310 e. The van der Waals surface area contributed by atoms with Gasteiger partial charge in [0, 0.05) is 12.1 Å². The minimum absolute atomic E-state index is 0.0531. The van der Waals surface area contributed by atoms with E-state index in [1.54, 1.807) is 24.3 Å². The molecule has 0 spiro atoms. The van der Waals surface area contributed by atoms with E-state index in [2.05, 4.69) is 5.32 Å². The second-order valence-electron chi connectivity index (χ2n) is 5.15. The molecule has 26 heavy (non-hydrogen) atoms. The van der Waals surface area contributed by atoms with Gasteiger partial charge < -0.3 is 14.8 Å². The molecule has 1 amide bonds. The number of anilines is 1. The zero-order valence-electron chi connectivity index (χ0n) is 13.7. The van der Waals surface area contributed by atoms with Crippen molar-refractivity contribution in [3.8, 4) is 5.75 Å². The first-order chi connectivity index (χ1) is 12.4. The van der Waals surface area contributed by atoms with E-state index in [0.717, 1.165) is 18.2 Å². The van der Waals surface area contributed by atoms with Crippen molar-refractivity contribution in [3.63, 3.8) is 0 Å². The molecule has 0 radical (unpaired) electrons. The van der Waals surface area contributed by atoms with Crippen molar-refractivity contribution in [2.75, 3.05) is 19.0 Å². The lowest BCUT2D eigenvalue weighted by Gasteiger charge is -2.08. The van der Waals surface area contributed by atoms with Gasteiger partial charge in [-0.1, -0.05) is 12.1 Å². The second-order valence-corrected chi connectivity index (χ2v) is 5.15. The van der Waals surface area contributed by atoms with E-state index in [-0.39, 0.29) is 17.8 Å². The largest absolute Gasteiger partial charge is 0.497 e. The summed E-state index contributed by atoms with van der Waals surface area (Å²) < 4.78 is 23.4. The number of halogens is 1. The molecule has 1 N–H and O–H groups in total. The van der Waals surface area contributed by atoms with Crippen molar-refractivity contribution in [1.82, 2.24) is 0 Å². The number of ether oxygens (including phenoxy) is 2. The Morgan fingerprint density at radius 1 is 1.19 bits per heavy atom. The standard InChI is InChI=1S/C17H15FN2O6/c1-25-13-5-2-11(3-6-13)8-17(22)26-10-16(21)19-15-9-12(20(23)24)4-7-14(15)18/h2-7,9H,8,10H2,1H3,(H,19,21). The molecule has 0 bridgehead atoms. The molecule has 0 saturated carbocycles. The average molecular weight is 362 g/mol. The fourth-order valence-electron chi connectivity index (χ4n) is 2.02. The maximum atomic E-state index is 13.6. The Kier molecular flexibility index (Phi) is 6.20. The molecule has 2 rings (SSSR count). The number of nitro benzene ring substituents is 1. The number of hydrogen-bond donors (Lipinski definition) is 1. The summed E-state index contributed by atoms with van der Waals surface area (Å²) in [5.74, 6) is -1.66. The molecule has 2 aromatic carbocycles. The third-order valence-corrected chi connectivity index (χ3v) is 3.31. The van der Waals surface area contributed by atoms with E-state index in [1.807, 2.05) is 0 Å². The maximum absolute atomic E-state index is 13.6. The highest BCUT2D eigenvalue weighted by molar-refractivity contribution is 5.93. The van der Waals surface area contributed by atoms with E-state index in [4.69, 9.17) is 9.47 Å². The molecule has 0 atom stereocenters. The van der Waals surface area contributed by atoms with Gasteiger partial charge in [-0.3, -0.25) is 19.7 Å². The zero-order chi connectivity index (χ0) is 19.1. The predicted molar refractivity (Wildman–Crippen MR) is 89.3 cm³/mol. The SMILES string of the molecule is COc1ccc(CC(=O)OCC(=O)Nc2cc([N+](=O)[O-])ccc2F)cc1. The van der Waals surface area contributed by atoms with Crippen molar-refractivity contribution >= 4 is 23.3 Å². The molecule has 0 aliphatic heterocycles. The first kappa shape index (κ1) is 18.8. The fourth-order valence-corrected chi connectivity index (χ4v) is 2.02. The van der Waals surface area contributed by atoms with E-state index >= 15 is 0 Å². The Bertz CT molecular complexity index is 823. The summed E-state index contributed by atoms with van der Waals surface area (Å²) >= 11 is 0. The van der Waals surface area contributed by atoms with E-state index in [0.29, 0.717) is 11.3 Å². The molecule has 0 aliphatic rings. The lowest BCUT2D eigenvalue weighted by atomic mass is 10.1. The second kappa shape index (κ2) is 8.56. The van der Waals surface area contributed by atoms with Gasteiger partial charge in [0.1, 0.15) is 11.6 Å². The zero-order valence-corrected chi connectivity index (χ0v) is 13.7. The summed E-state index contributed by atoms with van der Waals surface area (Å²) in [6.07, 6.45) is -0.0531. The Hall–Kier alpha value is -3.49. The first-order valence-corrected chi connectivity index (χ1v) is 7.41. The monoisotopic (exact) mass is 362 g/mol. The molecule has 2 aromatic rings. The molecule has 0 heterocycles. The number of amides is 1. The van der Waals surface area contributed by atoms with Gasteiger partial charge in [-0.25, -0.2) is 4.39 Å². The van der Waals surface area contributed by atoms with Crippen LogP contribution in [0.25, 0.3) is 0 Å². The van der Waals surface area contributed by atoms with Crippen molar-refractivity contribution in [1.29, 1.82) is 0 Å². The summed E-state index contributed by atoms with van der Waals surface area (Å²) in [6.45, 7) is -0.642. The summed E-state index contributed by atoms with van der Waals surface area (Å²) in [5, 5.41) is 12.8. The summed E-state index contributed by atoms with van der Waals surface area (Å²) in [4.78, 5) is 33.4. The number of rotatable bonds is 7. The van der Waals surface area contributed by atoms with E-state index in [9.17, 15) is 24.1 Å². The maximum Gasteiger partial charge on any atom is 0.310 e. The van der Waals surface area contributed by atoms with Crippen LogP contribution < -0.4 is 10.1 Å². The third-order valence-electron chi connectivity index (χ3n) is 3.31. The molecule has 0 aromatic heterocycles. The summed E-state index contributed by atoms with van der Waals surface area (Å²) in [5.41, 5.74) is -0.0745. The summed E-state index contributed by atoms with van der Waals surface area (Å²) in [6, 6.07) is 9.44. The van der Waals surface area contributed by atoms with Crippen LogP contribution in [0.15, 0.2) is 42.5 Å². The van der Waals surface area contributed by atoms with Crippen LogP contribution in [0.5, 0.6) is 5.75 Å². The van der Waals surface area contributed by atoms with Crippen LogP contribution in [0.1, 0.15) is 5.56 Å². The number of carbonyl (C=O) groups excluding carboxylic acids is 2. The molecule has 9 heteroatoms. The number of methoxy groups -OCH3 is 1. The summed E-state index contributed by atoms with van der Waals surface area (Å²) in [7, 11) is 1.52. The Morgan fingerprint density at radius 2 is 1.88 bits per heavy atom. The topological polar surface area (TPSA) is 108 Å². The van der Waals surface area contributed by atoms with Crippen molar-refractivity contribution in [2.45, 2.75) is 6.42 Å². The van der Waals surface area contributed by atoms with Gasteiger partial charge in [0.2, 0.25) is 0 Å². The van der Waals surface area contributed by atoms with Crippen LogP contribution in [-0.2, 0) is 20.7 Å². The lowest BCUT2D eigenvalue weighted by molar-refractivity contribution is -0.384. The minimum atomic E-state index is -0.839. The van der Waals surface area contributed by atoms with Crippen LogP contribution in [0, 0.1) is 15.9 Å². The van der Waals surface area contributed by atoms with Gasteiger partial charge in [0.05, 0.1) is 24.1 Å². The Morgan fingerprint density at radius 3 is 2.50 bits per heavy atom. The van der Waals surface area contributed by atoms with Crippen LogP contribution >= 0.6 is 0 Å². The molecule has 8 nitrogen and oxygen atoms in total. The molecular weight excluding hydrogens is 347 g/mol. The molecule has 0 fully saturated rings. The fraction of sp³-hybridized carbons (Fsp3) is 0.176. The van der Waals surface area contributed by atoms with Crippen molar-refractivity contribution in [2.24, 2.45) is 0 Å². The van der Waals surface area contributed by atoms with Gasteiger partial charge in [-0.05, 0) is 23.8 Å². The van der Waals surface area contributed by atoms with Crippen LogP contribution in [-0.4, -0.2) is 30.5 Å². The number of non-ortho nitro benzene ring substituents is 1. The number of nitro groups is 1. The molecule has 0 unspecified atom stereocenters. The number of hydrogen-bond acceptors (Lipinski definition) is 6. The molecule has 136 valence electrons. The Labute approximate surface area is 147 Å². The highest BCUT2D eigenvalue weighted by Crippen LogP contribution is 2.21. The van der Waals surface area contributed by atoms with Gasteiger partial charge in [-0.15, -0.1) is 0 Å². The highest BCUT2D eigenvalue weighted by Gasteiger charge is 2.14. The number of nitrogens with one attached hydrogen (secondary N) is 1. The average Bonchev–Trinajstić information content (AvgIpc) is 2.62. The highest BCUT2D eigenvalue weighted by atomic mass is 19.1.